The van der Waals surface area contributed by atoms with E-state index in [1.807, 2.05) is 77.7 Å². The maximum atomic E-state index is 13.3. The summed E-state index contributed by atoms with van der Waals surface area (Å²) in [4.78, 5) is 27.5. The molecule has 168 valence electrons. The second-order valence-corrected chi connectivity index (χ2v) is 9.04. The van der Waals surface area contributed by atoms with E-state index in [0.717, 1.165) is 43.5 Å². The minimum Gasteiger partial charge on any atom is -0.455 e. The standard InChI is InChI=1S/C28H28N2O3/c1-20(31)30-19-28(16-8-3-9-17-28)23-18-21(14-15-25(23)30)27(32)29-24-12-6-7-13-26(24)33-22-10-4-2-5-11-22/h2,4-7,10-15,18H,3,8-9,16-17,19H2,1H3,(H,29,32). The second kappa shape index (κ2) is 8.74. The fourth-order valence-corrected chi connectivity index (χ4v) is 5.22. The second-order valence-electron chi connectivity index (χ2n) is 9.04. The number of anilines is 2. The quantitative estimate of drug-likeness (QED) is 0.518. The molecule has 2 amide bonds. The van der Waals surface area contributed by atoms with Crippen LogP contribution in [0.1, 0.15) is 54.9 Å². The smallest absolute Gasteiger partial charge is 0.255 e. The monoisotopic (exact) mass is 440 g/mol. The van der Waals surface area contributed by atoms with Crippen LogP contribution in [0.5, 0.6) is 11.5 Å². The van der Waals surface area contributed by atoms with E-state index < -0.39 is 0 Å². The molecule has 1 N–H and O–H groups in total. The highest BCUT2D eigenvalue weighted by atomic mass is 16.5. The SMILES string of the molecule is CC(=O)N1CC2(CCCCC2)c2cc(C(=O)Nc3ccccc3Oc3ccccc3)ccc21. The van der Waals surface area contributed by atoms with Crippen LogP contribution in [0.25, 0.3) is 0 Å². The Morgan fingerprint density at radius 2 is 1.64 bits per heavy atom. The topological polar surface area (TPSA) is 58.6 Å². The number of benzene rings is 3. The van der Waals surface area contributed by atoms with E-state index in [9.17, 15) is 9.59 Å². The number of fused-ring (bicyclic) bond motifs is 2. The van der Waals surface area contributed by atoms with Gasteiger partial charge in [-0.2, -0.15) is 0 Å². The van der Waals surface area contributed by atoms with E-state index in [4.69, 9.17) is 4.74 Å². The molecule has 0 bridgehead atoms. The molecule has 2 aliphatic rings. The molecule has 3 aromatic carbocycles. The Bertz CT molecular complexity index is 1180. The molecule has 1 aliphatic carbocycles. The molecule has 0 atom stereocenters. The Labute approximate surface area is 194 Å². The van der Waals surface area contributed by atoms with Crippen LogP contribution in [0.4, 0.5) is 11.4 Å². The molecule has 1 aliphatic heterocycles. The largest absolute Gasteiger partial charge is 0.455 e. The van der Waals surface area contributed by atoms with Crippen LogP contribution in [0.2, 0.25) is 0 Å². The number of rotatable bonds is 4. The minimum absolute atomic E-state index is 0.0378. The van der Waals surface area contributed by atoms with Crippen molar-refractivity contribution < 1.29 is 14.3 Å². The maximum absolute atomic E-state index is 13.3. The predicted octanol–water partition coefficient (Wildman–Crippen LogP) is 6.30. The molecule has 0 saturated heterocycles. The van der Waals surface area contributed by atoms with Gasteiger partial charge in [0.2, 0.25) is 5.91 Å². The van der Waals surface area contributed by atoms with Crippen molar-refractivity contribution in [2.45, 2.75) is 44.4 Å². The normalized spacial score (nSPS) is 16.3. The Hall–Kier alpha value is -3.60. The van der Waals surface area contributed by atoms with Crippen molar-refractivity contribution >= 4 is 23.2 Å². The van der Waals surface area contributed by atoms with Gasteiger partial charge in [0.25, 0.3) is 5.91 Å². The van der Waals surface area contributed by atoms with Gasteiger partial charge < -0.3 is 15.0 Å². The molecule has 0 unspecified atom stereocenters. The molecule has 1 spiro atoms. The molecule has 5 nitrogen and oxygen atoms in total. The predicted molar refractivity (Wildman–Crippen MR) is 130 cm³/mol. The number of amides is 2. The summed E-state index contributed by atoms with van der Waals surface area (Å²) < 4.78 is 5.99. The number of hydrogen-bond donors (Lipinski definition) is 1. The molecule has 1 fully saturated rings. The van der Waals surface area contributed by atoms with E-state index in [-0.39, 0.29) is 17.2 Å². The van der Waals surface area contributed by atoms with Gasteiger partial charge in [0.1, 0.15) is 5.75 Å². The Balaban J connectivity index is 1.43. The molecule has 0 radical (unpaired) electrons. The number of nitrogens with zero attached hydrogens (tertiary/aromatic N) is 1. The van der Waals surface area contributed by atoms with Crippen LogP contribution in [0.15, 0.2) is 72.8 Å². The van der Waals surface area contributed by atoms with Crippen molar-refractivity contribution in [3.05, 3.63) is 83.9 Å². The van der Waals surface area contributed by atoms with Gasteiger partial charge in [0.15, 0.2) is 5.75 Å². The highest BCUT2D eigenvalue weighted by Crippen LogP contribution is 2.49. The summed E-state index contributed by atoms with van der Waals surface area (Å²) >= 11 is 0. The Morgan fingerprint density at radius 1 is 0.909 bits per heavy atom. The Morgan fingerprint density at radius 3 is 2.39 bits per heavy atom. The summed E-state index contributed by atoms with van der Waals surface area (Å²) in [6, 6.07) is 22.7. The minimum atomic E-state index is -0.186. The average molecular weight is 441 g/mol. The lowest BCUT2D eigenvalue weighted by atomic mass is 9.70. The zero-order valence-electron chi connectivity index (χ0n) is 18.8. The number of carbonyl (C=O) groups excluding carboxylic acids is 2. The van der Waals surface area contributed by atoms with Crippen molar-refractivity contribution in [2.75, 3.05) is 16.8 Å². The summed E-state index contributed by atoms with van der Waals surface area (Å²) in [6.45, 7) is 2.34. The van der Waals surface area contributed by atoms with Gasteiger partial charge in [-0.15, -0.1) is 0 Å². The first kappa shape index (κ1) is 21.3. The van der Waals surface area contributed by atoms with E-state index >= 15 is 0 Å². The number of hydrogen-bond acceptors (Lipinski definition) is 3. The van der Waals surface area contributed by atoms with Crippen LogP contribution < -0.4 is 15.0 Å². The number of nitrogens with one attached hydrogen (secondary N) is 1. The third-order valence-electron chi connectivity index (χ3n) is 6.88. The number of carbonyl (C=O) groups is 2. The lowest BCUT2D eigenvalue weighted by Gasteiger charge is -2.34. The molecule has 5 heteroatoms. The highest BCUT2D eigenvalue weighted by Gasteiger charge is 2.44. The first-order valence-electron chi connectivity index (χ1n) is 11.6. The molecular weight excluding hydrogens is 412 g/mol. The zero-order chi connectivity index (χ0) is 22.8. The highest BCUT2D eigenvalue weighted by molar-refractivity contribution is 6.06. The summed E-state index contributed by atoms with van der Waals surface area (Å²) in [6.07, 6.45) is 5.67. The summed E-state index contributed by atoms with van der Waals surface area (Å²) in [7, 11) is 0. The molecule has 3 aromatic rings. The molecule has 33 heavy (non-hydrogen) atoms. The van der Waals surface area contributed by atoms with Crippen molar-refractivity contribution in [3.8, 4) is 11.5 Å². The lowest BCUT2D eigenvalue weighted by Crippen LogP contribution is -2.37. The van der Waals surface area contributed by atoms with Gasteiger partial charge in [-0.1, -0.05) is 49.6 Å². The van der Waals surface area contributed by atoms with Gasteiger partial charge in [-0.05, 0) is 60.9 Å². The lowest BCUT2D eigenvalue weighted by molar-refractivity contribution is -0.116. The fourth-order valence-electron chi connectivity index (χ4n) is 5.22. The summed E-state index contributed by atoms with van der Waals surface area (Å²) in [5.74, 6) is 1.17. The van der Waals surface area contributed by atoms with Crippen molar-refractivity contribution in [1.29, 1.82) is 0 Å². The van der Waals surface area contributed by atoms with Gasteiger partial charge in [0, 0.05) is 30.1 Å². The first-order valence-corrected chi connectivity index (χ1v) is 11.6. The van der Waals surface area contributed by atoms with Gasteiger partial charge in [-0.25, -0.2) is 0 Å². The summed E-state index contributed by atoms with van der Waals surface area (Å²) in [5, 5.41) is 3.02. The van der Waals surface area contributed by atoms with E-state index in [0.29, 0.717) is 22.7 Å². The molecular formula is C28H28N2O3. The van der Waals surface area contributed by atoms with Crippen LogP contribution in [0.3, 0.4) is 0 Å². The fraction of sp³-hybridized carbons (Fsp3) is 0.286. The Kier molecular flexibility index (Phi) is 5.63. The number of ether oxygens (including phenoxy) is 1. The van der Waals surface area contributed by atoms with Gasteiger partial charge in [0.05, 0.1) is 5.69 Å². The van der Waals surface area contributed by atoms with E-state index in [1.165, 1.54) is 6.42 Å². The van der Waals surface area contributed by atoms with Crippen LogP contribution >= 0.6 is 0 Å². The third-order valence-corrected chi connectivity index (χ3v) is 6.88. The molecule has 5 rings (SSSR count). The third kappa shape index (κ3) is 4.11. The van der Waals surface area contributed by atoms with Gasteiger partial charge >= 0.3 is 0 Å². The maximum Gasteiger partial charge on any atom is 0.255 e. The van der Waals surface area contributed by atoms with E-state index in [2.05, 4.69) is 5.32 Å². The van der Waals surface area contributed by atoms with Crippen LogP contribution in [-0.4, -0.2) is 18.4 Å². The molecule has 0 aromatic heterocycles. The average Bonchev–Trinajstić information content (AvgIpc) is 3.15. The molecule has 1 saturated carbocycles. The molecule has 1 heterocycles. The van der Waals surface area contributed by atoms with Crippen molar-refractivity contribution in [1.82, 2.24) is 0 Å². The van der Waals surface area contributed by atoms with Crippen molar-refractivity contribution in [2.24, 2.45) is 0 Å². The zero-order valence-corrected chi connectivity index (χ0v) is 18.8. The summed E-state index contributed by atoms with van der Waals surface area (Å²) in [5.41, 5.74) is 3.26. The number of para-hydroxylation sites is 3. The van der Waals surface area contributed by atoms with Crippen molar-refractivity contribution in [3.63, 3.8) is 0 Å². The van der Waals surface area contributed by atoms with Crippen LogP contribution in [0, 0.1) is 0 Å². The van der Waals surface area contributed by atoms with E-state index in [1.54, 1.807) is 6.92 Å². The first-order chi connectivity index (χ1) is 16.1. The van der Waals surface area contributed by atoms with Gasteiger partial charge in [-0.3, -0.25) is 9.59 Å². The van der Waals surface area contributed by atoms with Crippen LogP contribution in [-0.2, 0) is 10.2 Å².